The first-order valence-electron chi connectivity index (χ1n) is 12.5. The van der Waals surface area contributed by atoms with E-state index in [2.05, 4.69) is 25.3 Å². The summed E-state index contributed by atoms with van der Waals surface area (Å²) in [6.07, 6.45) is 5.54. The summed E-state index contributed by atoms with van der Waals surface area (Å²) in [6.45, 7) is 4.45. The van der Waals surface area contributed by atoms with Crippen molar-refractivity contribution in [3.63, 3.8) is 0 Å². The predicted octanol–water partition coefficient (Wildman–Crippen LogP) is 4.42. The van der Waals surface area contributed by atoms with E-state index >= 15 is 0 Å². The highest BCUT2D eigenvalue weighted by Gasteiger charge is 2.43. The average molecular weight is 500 g/mol. The number of hydrogen-bond donors (Lipinski definition) is 1. The highest BCUT2D eigenvalue weighted by Crippen LogP contribution is 2.40. The molecule has 1 saturated carbocycles. The minimum absolute atomic E-state index is 0.249. The van der Waals surface area contributed by atoms with Gasteiger partial charge in [0.15, 0.2) is 29.3 Å². The number of rotatable bonds is 5. The highest BCUT2D eigenvalue weighted by atomic mass is 19.2. The standard InChI is InChI=1S/C25H28F3N7O/c1-14-10-20(30-13-29-14)34-11-15-5-6-16(12-34)23(15)31-25-32-24-19(4-2-3-9-35(24)33-25)36-18-8-7-17(26)21(27)22(18)28/h7-8,10,13,15-16,19,23H,2-6,9,11-12H2,1H3,(H,31,33)/t15-,16+,19-,23-/m0/s1. The number of nitrogens with zero attached hydrogens (tertiary/aromatic N) is 6. The average Bonchev–Trinajstić information content (AvgIpc) is 3.29. The summed E-state index contributed by atoms with van der Waals surface area (Å²) in [7, 11) is 0. The van der Waals surface area contributed by atoms with Crippen molar-refractivity contribution in [1.29, 1.82) is 0 Å². The van der Waals surface area contributed by atoms with E-state index in [1.54, 1.807) is 11.0 Å². The van der Waals surface area contributed by atoms with Crippen LogP contribution in [0.25, 0.3) is 0 Å². The fourth-order valence-electron chi connectivity index (χ4n) is 5.81. The Balaban J connectivity index is 1.19. The van der Waals surface area contributed by atoms with Crippen LogP contribution in [0.15, 0.2) is 24.5 Å². The Morgan fingerprint density at radius 2 is 1.81 bits per heavy atom. The maximum Gasteiger partial charge on any atom is 0.242 e. The molecule has 1 N–H and O–H groups in total. The van der Waals surface area contributed by atoms with E-state index in [1.807, 2.05) is 13.0 Å². The lowest BCUT2D eigenvalue weighted by Gasteiger charge is -2.38. The number of fused-ring (bicyclic) bond motifs is 3. The fraction of sp³-hybridized carbons (Fsp3) is 0.520. The zero-order valence-corrected chi connectivity index (χ0v) is 20.0. The molecule has 1 aromatic carbocycles. The van der Waals surface area contributed by atoms with E-state index in [1.165, 1.54) is 0 Å². The Labute approximate surface area is 206 Å². The van der Waals surface area contributed by atoms with Gasteiger partial charge in [0, 0.05) is 37.4 Å². The molecule has 0 radical (unpaired) electrons. The first-order valence-corrected chi connectivity index (χ1v) is 12.5. The molecule has 4 heterocycles. The normalized spacial score (nSPS) is 25.4. The molecule has 2 aliphatic heterocycles. The molecule has 0 amide bonds. The van der Waals surface area contributed by atoms with Crippen molar-refractivity contribution in [3.8, 4) is 5.75 Å². The molecule has 11 heteroatoms. The summed E-state index contributed by atoms with van der Waals surface area (Å²) in [5.41, 5.74) is 0.955. The van der Waals surface area contributed by atoms with Crippen molar-refractivity contribution in [3.05, 3.63) is 53.5 Å². The van der Waals surface area contributed by atoms with E-state index in [0.717, 1.165) is 62.4 Å². The SMILES string of the molecule is Cc1cc(N2C[C@H]3CC[C@@H](C2)[C@@H]3Nc2nc3n(n2)CCCC[C@@H]3Oc2ccc(F)c(F)c2F)ncn1. The molecule has 1 saturated heterocycles. The van der Waals surface area contributed by atoms with Gasteiger partial charge in [-0.1, -0.05) is 0 Å². The van der Waals surface area contributed by atoms with Gasteiger partial charge in [-0.05, 0) is 63.0 Å². The third-order valence-corrected chi connectivity index (χ3v) is 7.59. The van der Waals surface area contributed by atoms with Crippen molar-refractivity contribution in [2.24, 2.45) is 11.8 Å². The highest BCUT2D eigenvalue weighted by molar-refractivity contribution is 5.41. The number of benzene rings is 1. The number of ether oxygens (including phenoxy) is 1. The van der Waals surface area contributed by atoms with Crippen molar-refractivity contribution < 1.29 is 17.9 Å². The molecular formula is C25H28F3N7O. The molecule has 3 aliphatic rings. The second-order valence-electron chi connectivity index (χ2n) is 9.98. The number of halogens is 3. The van der Waals surface area contributed by atoms with Gasteiger partial charge in [-0.25, -0.2) is 23.4 Å². The van der Waals surface area contributed by atoms with Gasteiger partial charge in [0.2, 0.25) is 11.8 Å². The minimum Gasteiger partial charge on any atom is -0.479 e. The van der Waals surface area contributed by atoms with Crippen LogP contribution >= 0.6 is 0 Å². The second kappa shape index (κ2) is 9.25. The van der Waals surface area contributed by atoms with Gasteiger partial charge in [-0.15, -0.1) is 5.10 Å². The molecule has 4 atom stereocenters. The summed E-state index contributed by atoms with van der Waals surface area (Å²) < 4.78 is 49.0. The lowest BCUT2D eigenvalue weighted by atomic mass is 9.92. The van der Waals surface area contributed by atoms with Crippen LogP contribution in [0.3, 0.4) is 0 Å². The number of aromatic nitrogens is 5. The van der Waals surface area contributed by atoms with Crippen LogP contribution in [-0.4, -0.2) is 43.9 Å². The van der Waals surface area contributed by atoms with Crippen LogP contribution in [0.1, 0.15) is 49.7 Å². The van der Waals surface area contributed by atoms with Crippen molar-refractivity contribution in [2.45, 2.75) is 57.7 Å². The number of hydrogen-bond acceptors (Lipinski definition) is 7. The van der Waals surface area contributed by atoms with Gasteiger partial charge >= 0.3 is 0 Å². The van der Waals surface area contributed by atoms with E-state index < -0.39 is 23.6 Å². The largest absolute Gasteiger partial charge is 0.479 e. The molecule has 6 rings (SSSR count). The van der Waals surface area contributed by atoms with Crippen molar-refractivity contribution in [1.82, 2.24) is 24.7 Å². The second-order valence-corrected chi connectivity index (χ2v) is 9.98. The number of nitrogens with one attached hydrogen (secondary N) is 1. The molecule has 2 aromatic heterocycles. The zero-order chi connectivity index (χ0) is 24.8. The van der Waals surface area contributed by atoms with Crippen LogP contribution in [0.2, 0.25) is 0 Å². The monoisotopic (exact) mass is 499 g/mol. The molecule has 190 valence electrons. The van der Waals surface area contributed by atoms with Gasteiger partial charge in [-0.2, -0.15) is 9.37 Å². The molecule has 8 nitrogen and oxygen atoms in total. The summed E-state index contributed by atoms with van der Waals surface area (Å²) in [5.74, 6) is -1.50. The van der Waals surface area contributed by atoms with Crippen LogP contribution in [0.5, 0.6) is 5.75 Å². The van der Waals surface area contributed by atoms with E-state index in [0.29, 0.717) is 36.6 Å². The van der Waals surface area contributed by atoms with Gasteiger partial charge in [0.05, 0.1) is 0 Å². The molecule has 0 spiro atoms. The Morgan fingerprint density at radius 1 is 1.00 bits per heavy atom. The molecule has 36 heavy (non-hydrogen) atoms. The van der Waals surface area contributed by atoms with E-state index in [-0.39, 0.29) is 11.8 Å². The van der Waals surface area contributed by atoms with Gasteiger partial charge in [0.25, 0.3) is 0 Å². The molecule has 0 unspecified atom stereocenters. The van der Waals surface area contributed by atoms with Crippen LogP contribution in [-0.2, 0) is 6.54 Å². The molecule has 2 bridgehead atoms. The quantitative estimate of drug-likeness (QED) is 0.521. The van der Waals surface area contributed by atoms with Gasteiger partial charge in [0.1, 0.15) is 12.1 Å². The van der Waals surface area contributed by atoms with Crippen LogP contribution in [0.4, 0.5) is 24.9 Å². The van der Waals surface area contributed by atoms with E-state index in [9.17, 15) is 13.2 Å². The lowest BCUT2D eigenvalue weighted by molar-refractivity contribution is 0.172. The fourth-order valence-corrected chi connectivity index (χ4v) is 5.81. The molecule has 3 aromatic rings. The zero-order valence-electron chi connectivity index (χ0n) is 20.0. The van der Waals surface area contributed by atoms with Gasteiger partial charge < -0.3 is 15.0 Å². The maximum atomic E-state index is 14.3. The predicted molar refractivity (Wildman–Crippen MR) is 126 cm³/mol. The third-order valence-electron chi connectivity index (χ3n) is 7.59. The topological polar surface area (TPSA) is 81.0 Å². The summed E-state index contributed by atoms with van der Waals surface area (Å²) in [5, 5.41) is 8.26. The Morgan fingerprint density at radius 3 is 2.58 bits per heavy atom. The van der Waals surface area contributed by atoms with Gasteiger partial charge in [-0.3, -0.25) is 0 Å². The Kier molecular flexibility index (Phi) is 5.93. The number of anilines is 2. The van der Waals surface area contributed by atoms with E-state index in [4.69, 9.17) is 9.72 Å². The number of aryl methyl sites for hydroxylation is 2. The maximum absolute atomic E-state index is 14.3. The molecule has 1 aliphatic carbocycles. The summed E-state index contributed by atoms with van der Waals surface area (Å²) >= 11 is 0. The number of piperidine rings is 1. The third kappa shape index (κ3) is 4.24. The lowest BCUT2D eigenvalue weighted by Crippen LogP contribution is -2.48. The van der Waals surface area contributed by atoms with Crippen LogP contribution in [0, 0.1) is 36.2 Å². The molecule has 2 fully saturated rings. The molecular weight excluding hydrogens is 471 g/mol. The minimum atomic E-state index is -1.54. The first-order chi connectivity index (χ1) is 17.5. The summed E-state index contributed by atoms with van der Waals surface area (Å²) in [4.78, 5) is 15.7. The Bertz CT molecular complexity index is 1250. The Hall–Kier alpha value is -3.37. The first kappa shape index (κ1) is 23.1. The smallest absolute Gasteiger partial charge is 0.242 e. The van der Waals surface area contributed by atoms with Crippen molar-refractivity contribution >= 4 is 11.8 Å². The van der Waals surface area contributed by atoms with Crippen LogP contribution < -0.4 is 15.0 Å². The summed E-state index contributed by atoms with van der Waals surface area (Å²) in [6, 6.07) is 4.26. The van der Waals surface area contributed by atoms with Crippen molar-refractivity contribution in [2.75, 3.05) is 23.3 Å².